The van der Waals surface area contributed by atoms with E-state index in [1.165, 1.54) is 0 Å². The quantitative estimate of drug-likeness (QED) is 0.810. The molecule has 2 unspecified atom stereocenters. The Morgan fingerprint density at radius 3 is 3.05 bits per heavy atom. The summed E-state index contributed by atoms with van der Waals surface area (Å²) < 4.78 is 11.1. The summed E-state index contributed by atoms with van der Waals surface area (Å²) in [6.07, 6.45) is 2.00. The first-order chi connectivity index (χ1) is 10.2. The van der Waals surface area contributed by atoms with Gasteiger partial charge in [-0.1, -0.05) is 18.5 Å². The zero-order valence-electron chi connectivity index (χ0n) is 12.8. The Morgan fingerprint density at radius 1 is 1.52 bits per heavy atom. The molecule has 1 aromatic carbocycles. The molecule has 1 saturated heterocycles. The first-order valence-electron chi connectivity index (χ1n) is 7.69. The van der Waals surface area contributed by atoms with Crippen molar-refractivity contribution in [2.24, 2.45) is 0 Å². The average Bonchev–Trinajstić information content (AvgIpc) is 2.47. The lowest BCUT2D eigenvalue weighted by atomic mass is 10.1. The highest BCUT2D eigenvalue weighted by atomic mass is 35.5. The van der Waals surface area contributed by atoms with E-state index in [0.717, 1.165) is 44.0 Å². The van der Waals surface area contributed by atoms with Crippen molar-refractivity contribution in [1.82, 2.24) is 5.32 Å². The van der Waals surface area contributed by atoms with Gasteiger partial charge in [0.25, 0.3) is 0 Å². The summed E-state index contributed by atoms with van der Waals surface area (Å²) in [5.74, 6) is 0.749. The summed E-state index contributed by atoms with van der Waals surface area (Å²) in [4.78, 5) is 0. The average molecular weight is 313 g/mol. The highest BCUT2D eigenvalue weighted by Crippen LogP contribution is 2.28. The van der Waals surface area contributed by atoms with Gasteiger partial charge in [0.05, 0.1) is 24.8 Å². The van der Waals surface area contributed by atoms with Gasteiger partial charge in [-0.05, 0) is 38.0 Å². The molecular formula is C16H25ClN2O2. The molecule has 2 atom stereocenters. The molecule has 1 fully saturated rings. The van der Waals surface area contributed by atoms with Crippen LogP contribution in [0.4, 0.5) is 5.69 Å². The fourth-order valence-corrected chi connectivity index (χ4v) is 2.70. The molecule has 0 spiro atoms. The largest absolute Gasteiger partial charge is 0.492 e. The van der Waals surface area contributed by atoms with Gasteiger partial charge in [0.15, 0.2) is 0 Å². The highest BCUT2D eigenvalue weighted by molar-refractivity contribution is 6.32. The zero-order valence-corrected chi connectivity index (χ0v) is 13.6. The molecule has 118 valence electrons. The molecule has 2 rings (SSSR count). The Kier molecular flexibility index (Phi) is 6.61. The Balaban J connectivity index is 1.85. The number of rotatable bonds is 7. The molecular weight excluding hydrogens is 288 g/mol. The second-order valence-electron chi connectivity index (χ2n) is 5.50. The summed E-state index contributed by atoms with van der Waals surface area (Å²) in [7, 11) is 0. The molecule has 1 heterocycles. The second-order valence-corrected chi connectivity index (χ2v) is 5.91. The van der Waals surface area contributed by atoms with Crippen molar-refractivity contribution in [1.29, 1.82) is 0 Å². The molecule has 5 heteroatoms. The second kappa shape index (κ2) is 8.47. The van der Waals surface area contributed by atoms with Gasteiger partial charge < -0.3 is 20.1 Å². The third kappa shape index (κ3) is 5.38. The molecule has 0 saturated carbocycles. The van der Waals surface area contributed by atoms with Gasteiger partial charge in [0.1, 0.15) is 5.75 Å². The fourth-order valence-electron chi connectivity index (χ4n) is 2.46. The number of ether oxygens (including phenoxy) is 2. The van der Waals surface area contributed by atoms with E-state index in [1.54, 1.807) is 0 Å². The molecule has 0 bridgehead atoms. The van der Waals surface area contributed by atoms with E-state index in [1.807, 2.05) is 18.2 Å². The van der Waals surface area contributed by atoms with Gasteiger partial charge in [-0.3, -0.25) is 0 Å². The van der Waals surface area contributed by atoms with Gasteiger partial charge >= 0.3 is 0 Å². The summed E-state index contributed by atoms with van der Waals surface area (Å²) >= 11 is 6.24. The van der Waals surface area contributed by atoms with Crippen molar-refractivity contribution in [3.8, 4) is 5.75 Å². The van der Waals surface area contributed by atoms with Crippen molar-refractivity contribution < 1.29 is 9.47 Å². The van der Waals surface area contributed by atoms with Crippen LogP contribution in [0.15, 0.2) is 18.2 Å². The summed E-state index contributed by atoms with van der Waals surface area (Å²) in [6.45, 7) is 7.48. The molecule has 1 aliphatic heterocycles. The molecule has 0 amide bonds. The molecule has 0 radical (unpaired) electrons. The number of anilines is 1. The SMILES string of the molecule is CCCOc1ccc(NC(C)CC2COCCN2)cc1Cl. The number of halogens is 1. The lowest BCUT2D eigenvalue weighted by Crippen LogP contribution is -2.43. The molecule has 0 aromatic heterocycles. The number of hydrogen-bond donors (Lipinski definition) is 2. The van der Waals surface area contributed by atoms with Crippen LogP contribution in [0.25, 0.3) is 0 Å². The van der Waals surface area contributed by atoms with Crippen LogP contribution >= 0.6 is 11.6 Å². The van der Waals surface area contributed by atoms with Crippen LogP contribution in [-0.4, -0.2) is 38.4 Å². The van der Waals surface area contributed by atoms with E-state index in [9.17, 15) is 0 Å². The minimum absolute atomic E-state index is 0.350. The Bertz CT molecular complexity index is 436. The van der Waals surface area contributed by atoms with Crippen LogP contribution in [0, 0.1) is 0 Å². The van der Waals surface area contributed by atoms with Crippen LogP contribution in [-0.2, 0) is 4.74 Å². The van der Waals surface area contributed by atoms with Gasteiger partial charge in [0.2, 0.25) is 0 Å². The van der Waals surface area contributed by atoms with E-state index in [0.29, 0.717) is 23.7 Å². The van der Waals surface area contributed by atoms with E-state index in [4.69, 9.17) is 21.1 Å². The lowest BCUT2D eigenvalue weighted by Gasteiger charge is -2.27. The molecule has 4 nitrogen and oxygen atoms in total. The summed E-state index contributed by atoms with van der Waals surface area (Å²) in [5, 5.41) is 7.60. The number of nitrogens with one attached hydrogen (secondary N) is 2. The standard InChI is InChI=1S/C16H25ClN2O2/c1-3-7-21-16-5-4-13(10-15(16)17)19-12(2)9-14-11-20-8-6-18-14/h4-5,10,12,14,18-19H,3,6-9,11H2,1-2H3. The third-order valence-electron chi connectivity index (χ3n) is 3.44. The Labute approximate surface area is 132 Å². The van der Waals surface area contributed by atoms with E-state index in [2.05, 4.69) is 24.5 Å². The topological polar surface area (TPSA) is 42.5 Å². The molecule has 1 aromatic rings. The third-order valence-corrected chi connectivity index (χ3v) is 3.74. The maximum Gasteiger partial charge on any atom is 0.138 e. The predicted molar refractivity (Wildman–Crippen MR) is 87.5 cm³/mol. The van der Waals surface area contributed by atoms with Crippen molar-refractivity contribution in [2.45, 2.75) is 38.8 Å². The Hall–Kier alpha value is -0.970. The van der Waals surface area contributed by atoms with Gasteiger partial charge in [-0.25, -0.2) is 0 Å². The van der Waals surface area contributed by atoms with Crippen LogP contribution in [0.2, 0.25) is 5.02 Å². The monoisotopic (exact) mass is 312 g/mol. The van der Waals surface area contributed by atoms with Crippen LogP contribution < -0.4 is 15.4 Å². The molecule has 2 N–H and O–H groups in total. The minimum atomic E-state index is 0.350. The number of morpholine rings is 1. The van der Waals surface area contributed by atoms with Crippen LogP contribution in [0.1, 0.15) is 26.7 Å². The summed E-state index contributed by atoms with van der Waals surface area (Å²) in [6, 6.07) is 6.63. The maximum atomic E-state index is 6.24. The van der Waals surface area contributed by atoms with E-state index in [-0.39, 0.29) is 0 Å². The first kappa shape index (κ1) is 16.4. The van der Waals surface area contributed by atoms with E-state index >= 15 is 0 Å². The van der Waals surface area contributed by atoms with Gasteiger partial charge in [-0.15, -0.1) is 0 Å². The van der Waals surface area contributed by atoms with Crippen molar-refractivity contribution in [2.75, 3.05) is 31.7 Å². The molecule has 0 aliphatic carbocycles. The lowest BCUT2D eigenvalue weighted by molar-refractivity contribution is 0.0731. The maximum absolute atomic E-state index is 6.24. The molecule has 21 heavy (non-hydrogen) atoms. The van der Waals surface area contributed by atoms with E-state index < -0.39 is 0 Å². The minimum Gasteiger partial charge on any atom is -0.492 e. The normalized spacial score (nSPS) is 20.0. The van der Waals surface area contributed by atoms with Crippen molar-refractivity contribution >= 4 is 17.3 Å². The predicted octanol–water partition coefficient (Wildman–Crippen LogP) is 3.31. The van der Waals surface area contributed by atoms with Gasteiger partial charge in [0, 0.05) is 24.3 Å². The highest BCUT2D eigenvalue weighted by Gasteiger charge is 2.16. The van der Waals surface area contributed by atoms with Crippen molar-refractivity contribution in [3.63, 3.8) is 0 Å². The number of benzene rings is 1. The van der Waals surface area contributed by atoms with Crippen molar-refractivity contribution in [3.05, 3.63) is 23.2 Å². The first-order valence-corrected chi connectivity index (χ1v) is 8.07. The summed E-state index contributed by atoms with van der Waals surface area (Å²) in [5.41, 5.74) is 1.02. The van der Waals surface area contributed by atoms with Crippen LogP contribution in [0.5, 0.6) is 5.75 Å². The smallest absolute Gasteiger partial charge is 0.138 e. The zero-order chi connectivity index (χ0) is 15.1. The molecule has 1 aliphatic rings. The fraction of sp³-hybridized carbons (Fsp3) is 0.625. The number of hydrogen-bond acceptors (Lipinski definition) is 4. The Morgan fingerprint density at radius 2 is 2.38 bits per heavy atom. The van der Waals surface area contributed by atoms with Crippen LogP contribution in [0.3, 0.4) is 0 Å². The van der Waals surface area contributed by atoms with Gasteiger partial charge in [-0.2, -0.15) is 0 Å².